The number of aryl methyl sites for hydroxylation is 1. The molecule has 142 valence electrons. The summed E-state index contributed by atoms with van der Waals surface area (Å²) in [4.78, 5) is 11.7. The Morgan fingerprint density at radius 3 is 2.25 bits per heavy atom. The molecule has 0 heterocycles. The molecule has 0 bridgehead atoms. The average Bonchev–Trinajstić information content (AvgIpc) is 3.15. The van der Waals surface area contributed by atoms with Gasteiger partial charge in [-0.05, 0) is 59.9 Å². The minimum Gasteiger partial charge on any atom is -0.495 e. The number of amides is 1. The number of ether oxygens (including phenoxy) is 1. The van der Waals surface area contributed by atoms with Crippen molar-refractivity contribution in [1.29, 1.82) is 0 Å². The summed E-state index contributed by atoms with van der Waals surface area (Å²) < 4.78 is 5.47. The zero-order valence-corrected chi connectivity index (χ0v) is 16.2. The second kappa shape index (κ2) is 7.89. The van der Waals surface area contributed by atoms with E-state index >= 15 is 0 Å². The third kappa shape index (κ3) is 3.65. The lowest BCUT2D eigenvalue weighted by atomic mass is 9.95. The highest BCUT2D eigenvalue weighted by atomic mass is 16.5. The highest BCUT2D eigenvalue weighted by molar-refractivity contribution is 5.98. The number of primary amides is 1. The molecule has 0 aliphatic heterocycles. The number of hydrogen-bond acceptors (Lipinski definition) is 2. The molecule has 3 aromatic carbocycles. The molecule has 4 rings (SSSR count). The van der Waals surface area contributed by atoms with Gasteiger partial charge in [0.25, 0.3) is 5.91 Å². The second-order valence-corrected chi connectivity index (χ2v) is 7.53. The summed E-state index contributed by atoms with van der Waals surface area (Å²) in [6.45, 7) is 0. The zero-order chi connectivity index (χ0) is 19.5. The first-order valence-electron chi connectivity index (χ1n) is 9.78. The normalized spacial score (nSPS) is 13.3. The van der Waals surface area contributed by atoms with Gasteiger partial charge in [-0.3, -0.25) is 4.79 Å². The van der Waals surface area contributed by atoms with Gasteiger partial charge in [-0.25, -0.2) is 0 Å². The molecule has 1 aliphatic rings. The third-order valence-corrected chi connectivity index (χ3v) is 5.73. The molecular formula is C25H25NO2. The molecule has 28 heavy (non-hydrogen) atoms. The fraction of sp³-hybridized carbons (Fsp3) is 0.240. The van der Waals surface area contributed by atoms with Crippen LogP contribution in [0, 0.1) is 5.92 Å². The summed E-state index contributed by atoms with van der Waals surface area (Å²) in [7, 11) is 1.57. The predicted molar refractivity (Wildman–Crippen MR) is 113 cm³/mol. The van der Waals surface area contributed by atoms with Crippen LogP contribution in [-0.2, 0) is 19.3 Å². The third-order valence-electron chi connectivity index (χ3n) is 5.73. The fourth-order valence-electron chi connectivity index (χ4n) is 4.25. The Labute approximate surface area is 166 Å². The summed E-state index contributed by atoms with van der Waals surface area (Å²) in [5, 5.41) is 0. The molecule has 0 spiro atoms. The van der Waals surface area contributed by atoms with Crippen LogP contribution in [0.4, 0.5) is 0 Å². The number of para-hydroxylation sites is 1. The van der Waals surface area contributed by atoms with E-state index in [0.29, 0.717) is 11.3 Å². The van der Waals surface area contributed by atoms with Gasteiger partial charge in [-0.1, -0.05) is 60.7 Å². The van der Waals surface area contributed by atoms with Crippen LogP contribution in [0.15, 0.2) is 66.7 Å². The van der Waals surface area contributed by atoms with Crippen molar-refractivity contribution in [3.63, 3.8) is 0 Å². The first-order valence-corrected chi connectivity index (χ1v) is 9.78. The Morgan fingerprint density at radius 2 is 1.64 bits per heavy atom. The number of fused-ring (bicyclic) bond motifs is 1. The Bertz CT molecular complexity index is 967. The van der Waals surface area contributed by atoms with Gasteiger partial charge in [0.1, 0.15) is 5.75 Å². The number of hydrogen-bond donors (Lipinski definition) is 1. The SMILES string of the molecule is COc1c(C(N)=O)cccc1-c1ccc(CCC2Cc3ccccc3C2)cc1. The minimum atomic E-state index is -0.479. The summed E-state index contributed by atoms with van der Waals surface area (Å²) >= 11 is 0. The van der Waals surface area contributed by atoms with Crippen LogP contribution < -0.4 is 10.5 Å². The van der Waals surface area contributed by atoms with E-state index in [1.165, 1.54) is 36.0 Å². The molecule has 3 nitrogen and oxygen atoms in total. The molecule has 1 amide bonds. The minimum absolute atomic E-state index is 0.407. The van der Waals surface area contributed by atoms with Crippen LogP contribution >= 0.6 is 0 Å². The van der Waals surface area contributed by atoms with Crippen molar-refractivity contribution in [3.05, 3.63) is 89.0 Å². The van der Waals surface area contributed by atoms with E-state index in [2.05, 4.69) is 48.5 Å². The molecule has 2 N–H and O–H groups in total. The van der Waals surface area contributed by atoms with Crippen molar-refractivity contribution in [1.82, 2.24) is 0 Å². The van der Waals surface area contributed by atoms with E-state index < -0.39 is 5.91 Å². The average molecular weight is 371 g/mol. The largest absolute Gasteiger partial charge is 0.495 e. The maximum atomic E-state index is 11.7. The highest BCUT2D eigenvalue weighted by Gasteiger charge is 2.20. The highest BCUT2D eigenvalue weighted by Crippen LogP contribution is 2.34. The Hall–Kier alpha value is -3.07. The predicted octanol–water partition coefficient (Wildman–Crippen LogP) is 4.81. The lowest BCUT2D eigenvalue weighted by Crippen LogP contribution is -2.12. The van der Waals surface area contributed by atoms with Crippen molar-refractivity contribution >= 4 is 5.91 Å². The van der Waals surface area contributed by atoms with Crippen LogP contribution in [0.5, 0.6) is 5.75 Å². The molecule has 0 aromatic heterocycles. The standard InChI is InChI=1S/C25H25NO2/c1-28-24-22(7-4-8-23(24)25(26)27)19-13-11-17(12-14-19)9-10-18-15-20-5-2-3-6-21(20)16-18/h2-8,11-14,18H,9-10,15-16H2,1H3,(H2,26,27). The number of benzene rings is 3. The summed E-state index contributed by atoms with van der Waals surface area (Å²) in [5.41, 5.74) is 12.2. The van der Waals surface area contributed by atoms with Gasteiger partial charge in [0.2, 0.25) is 0 Å². The van der Waals surface area contributed by atoms with Crippen molar-refractivity contribution in [3.8, 4) is 16.9 Å². The monoisotopic (exact) mass is 371 g/mol. The molecule has 0 radical (unpaired) electrons. The van der Waals surface area contributed by atoms with Gasteiger partial charge >= 0.3 is 0 Å². The lowest BCUT2D eigenvalue weighted by Gasteiger charge is -2.13. The molecule has 0 fully saturated rings. The van der Waals surface area contributed by atoms with Gasteiger partial charge in [0.15, 0.2) is 0 Å². The molecule has 3 aromatic rings. The van der Waals surface area contributed by atoms with Gasteiger partial charge in [0.05, 0.1) is 12.7 Å². The van der Waals surface area contributed by atoms with Crippen LogP contribution in [-0.4, -0.2) is 13.0 Å². The van der Waals surface area contributed by atoms with E-state index in [0.717, 1.165) is 23.5 Å². The Morgan fingerprint density at radius 1 is 0.964 bits per heavy atom. The smallest absolute Gasteiger partial charge is 0.252 e. The number of nitrogens with two attached hydrogens (primary N) is 1. The molecule has 0 atom stereocenters. The van der Waals surface area contributed by atoms with E-state index in [1.54, 1.807) is 13.2 Å². The van der Waals surface area contributed by atoms with Crippen molar-refractivity contribution in [2.75, 3.05) is 7.11 Å². The lowest BCUT2D eigenvalue weighted by molar-refractivity contribution is 0.0997. The number of carbonyl (C=O) groups is 1. The van der Waals surface area contributed by atoms with E-state index in [4.69, 9.17) is 10.5 Å². The summed E-state index contributed by atoms with van der Waals surface area (Å²) in [6, 6.07) is 22.8. The molecule has 3 heteroatoms. The Balaban J connectivity index is 1.45. The van der Waals surface area contributed by atoms with E-state index in [1.807, 2.05) is 12.1 Å². The van der Waals surface area contributed by atoms with Crippen molar-refractivity contribution < 1.29 is 9.53 Å². The van der Waals surface area contributed by atoms with Gasteiger partial charge in [-0.15, -0.1) is 0 Å². The van der Waals surface area contributed by atoms with Crippen molar-refractivity contribution in [2.24, 2.45) is 11.7 Å². The quantitative estimate of drug-likeness (QED) is 0.676. The van der Waals surface area contributed by atoms with E-state index in [9.17, 15) is 4.79 Å². The summed E-state index contributed by atoms with van der Waals surface area (Å²) in [5.74, 6) is 0.795. The first-order chi connectivity index (χ1) is 13.7. The Kier molecular flexibility index (Phi) is 5.16. The number of rotatable bonds is 6. The van der Waals surface area contributed by atoms with Crippen LogP contribution in [0.2, 0.25) is 0 Å². The first kappa shape index (κ1) is 18.3. The molecule has 0 saturated heterocycles. The van der Waals surface area contributed by atoms with E-state index in [-0.39, 0.29) is 0 Å². The van der Waals surface area contributed by atoms with Gasteiger partial charge in [-0.2, -0.15) is 0 Å². The summed E-state index contributed by atoms with van der Waals surface area (Å²) in [6.07, 6.45) is 4.68. The second-order valence-electron chi connectivity index (χ2n) is 7.53. The fourth-order valence-corrected chi connectivity index (χ4v) is 4.25. The van der Waals surface area contributed by atoms with Crippen LogP contribution in [0.3, 0.4) is 0 Å². The number of methoxy groups -OCH3 is 1. The van der Waals surface area contributed by atoms with Gasteiger partial charge in [0, 0.05) is 5.56 Å². The maximum Gasteiger partial charge on any atom is 0.252 e. The molecule has 1 aliphatic carbocycles. The number of carbonyl (C=O) groups excluding carboxylic acids is 1. The molecule has 0 unspecified atom stereocenters. The van der Waals surface area contributed by atoms with Crippen LogP contribution in [0.25, 0.3) is 11.1 Å². The maximum absolute atomic E-state index is 11.7. The molecule has 0 saturated carbocycles. The van der Waals surface area contributed by atoms with Crippen molar-refractivity contribution in [2.45, 2.75) is 25.7 Å². The topological polar surface area (TPSA) is 52.3 Å². The van der Waals surface area contributed by atoms with Gasteiger partial charge < -0.3 is 10.5 Å². The zero-order valence-electron chi connectivity index (χ0n) is 16.2. The molecular weight excluding hydrogens is 346 g/mol. The van der Waals surface area contributed by atoms with Crippen LogP contribution in [0.1, 0.15) is 33.5 Å².